The Hall–Kier alpha value is -0.0800. The normalized spacial score (nSPS) is 34.2. The molecule has 0 aromatic carbocycles. The van der Waals surface area contributed by atoms with Gasteiger partial charge < -0.3 is 10.2 Å². The molecule has 0 aromatic heterocycles. The van der Waals surface area contributed by atoms with Crippen molar-refractivity contribution in [2.75, 3.05) is 14.1 Å². The summed E-state index contributed by atoms with van der Waals surface area (Å²) in [4.78, 5) is 2.65. The van der Waals surface area contributed by atoms with E-state index in [9.17, 15) is 0 Å². The van der Waals surface area contributed by atoms with Crippen LogP contribution in [0.4, 0.5) is 0 Å². The van der Waals surface area contributed by atoms with E-state index in [4.69, 9.17) is 0 Å². The monoisotopic (exact) mass is 252 g/mol. The molecule has 2 fully saturated rings. The maximum absolute atomic E-state index is 3.64. The van der Waals surface area contributed by atoms with Gasteiger partial charge in [0.1, 0.15) is 0 Å². The van der Waals surface area contributed by atoms with E-state index < -0.39 is 0 Å². The number of piperidine rings is 1. The lowest BCUT2D eigenvalue weighted by molar-refractivity contribution is 0.107. The Kier molecular flexibility index (Phi) is 5.08. The Balaban J connectivity index is 1.93. The molecule has 0 aromatic rings. The van der Waals surface area contributed by atoms with Crippen LogP contribution in [0.25, 0.3) is 0 Å². The Morgan fingerprint density at radius 3 is 2.11 bits per heavy atom. The highest BCUT2D eigenvalue weighted by Crippen LogP contribution is 2.39. The molecule has 18 heavy (non-hydrogen) atoms. The molecule has 0 radical (unpaired) electrons. The van der Waals surface area contributed by atoms with Crippen molar-refractivity contribution in [3.8, 4) is 0 Å². The van der Waals surface area contributed by atoms with Gasteiger partial charge in [-0.3, -0.25) is 0 Å². The van der Waals surface area contributed by atoms with Crippen LogP contribution in [0.5, 0.6) is 0 Å². The zero-order chi connectivity index (χ0) is 13.1. The lowest BCUT2D eigenvalue weighted by Crippen LogP contribution is -2.46. The molecule has 0 aliphatic carbocycles. The van der Waals surface area contributed by atoms with Crippen molar-refractivity contribution in [1.82, 2.24) is 10.2 Å². The first-order valence-electron chi connectivity index (χ1n) is 8.08. The quantitative estimate of drug-likeness (QED) is 0.780. The van der Waals surface area contributed by atoms with E-state index >= 15 is 0 Å². The largest absolute Gasteiger partial charge is 0.317 e. The number of rotatable bonds is 6. The molecule has 2 nitrogen and oxygen atoms in total. The van der Waals surface area contributed by atoms with Crippen molar-refractivity contribution in [3.05, 3.63) is 0 Å². The predicted molar refractivity (Wildman–Crippen MR) is 78.8 cm³/mol. The van der Waals surface area contributed by atoms with Crippen molar-refractivity contribution in [2.24, 2.45) is 11.8 Å². The summed E-state index contributed by atoms with van der Waals surface area (Å²) < 4.78 is 0. The Morgan fingerprint density at radius 1 is 1.11 bits per heavy atom. The molecular weight excluding hydrogens is 220 g/mol. The van der Waals surface area contributed by atoms with E-state index in [1.165, 1.54) is 44.9 Å². The van der Waals surface area contributed by atoms with Gasteiger partial charge in [0.15, 0.2) is 0 Å². The molecule has 3 unspecified atom stereocenters. The van der Waals surface area contributed by atoms with E-state index in [1.807, 2.05) is 0 Å². The summed E-state index contributed by atoms with van der Waals surface area (Å²) in [6.07, 6.45) is 9.81. The van der Waals surface area contributed by atoms with Gasteiger partial charge in [0.2, 0.25) is 0 Å². The smallest absolute Gasteiger partial charge is 0.00989 e. The van der Waals surface area contributed by atoms with Crippen molar-refractivity contribution in [3.63, 3.8) is 0 Å². The summed E-state index contributed by atoms with van der Waals surface area (Å²) in [6, 6.07) is 2.52. The standard InChI is InChI=1S/C16H32N2/c1-5-12(6-2)9-16(17-3)13-10-14-7-8-15(11-13)18(14)4/h12-17H,5-11H2,1-4H3. The third-order valence-electron chi connectivity index (χ3n) is 5.82. The van der Waals surface area contributed by atoms with Crippen LogP contribution in [0.3, 0.4) is 0 Å². The average Bonchev–Trinajstić information content (AvgIpc) is 2.63. The lowest BCUT2D eigenvalue weighted by Gasteiger charge is -2.40. The predicted octanol–water partition coefficient (Wildman–Crippen LogP) is 3.27. The van der Waals surface area contributed by atoms with Gasteiger partial charge in [-0.25, -0.2) is 0 Å². The van der Waals surface area contributed by atoms with Crippen molar-refractivity contribution >= 4 is 0 Å². The highest BCUT2D eigenvalue weighted by Gasteiger charge is 2.40. The Labute approximate surface area is 114 Å². The molecule has 2 heteroatoms. The molecule has 3 atom stereocenters. The number of hydrogen-bond donors (Lipinski definition) is 1. The van der Waals surface area contributed by atoms with Crippen LogP contribution in [0, 0.1) is 11.8 Å². The van der Waals surface area contributed by atoms with Gasteiger partial charge in [-0.15, -0.1) is 0 Å². The van der Waals surface area contributed by atoms with Gasteiger partial charge in [0.25, 0.3) is 0 Å². The minimum atomic E-state index is 0.756. The molecule has 2 saturated heterocycles. The van der Waals surface area contributed by atoms with Gasteiger partial charge in [0.05, 0.1) is 0 Å². The SMILES string of the molecule is CCC(CC)CC(NC)C1CC2CCC(C1)N2C. The van der Waals surface area contributed by atoms with Crippen LogP contribution in [0.2, 0.25) is 0 Å². The van der Waals surface area contributed by atoms with Crippen LogP contribution < -0.4 is 5.32 Å². The summed E-state index contributed by atoms with van der Waals surface area (Å²) >= 11 is 0. The molecule has 0 spiro atoms. The van der Waals surface area contributed by atoms with E-state index in [2.05, 4.69) is 38.2 Å². The maximum Gasteiger partial charge on any atom is 0.00989 e. The molecule has 0 saturated carbocycles. The van der Waals surface area contributed by atoms with E-state index in [1.54, 1.807) is 0 Å². The molecule has 2 aliphatic heterocycles. The third kappa shape index (κ3) is 2.91. The first-order valence-corrected chi connectivity index (χ1v) is 8.08. The van der Waals surface area contributed by atoms with Gasteiger partial charge in [-0.05, 0) is 58.0 Å². The van der Waals surface area contributed by atoms with E-state index in [-0.39, 0.29) is 0 Å². The maximum atomic E-state index is 3.64. The van der Waals surface area contributed by atoms with Gasteiger partial charge in [-0.2, -0.15) is 0 Å². The number of fused-ring (bicyclic) bond motifs is 2. The summed E-state index contributed by atoms with van der Waals surface area (Å²) in [6.45, 7) is 4.69. The first kappa shape index (κ1) is 14.3. The van der Waals surface area contributed by atoms with Gasteiger partial charge in [0, 0.05) is 18.1 Å². The summed E-state index contributed by atoms with van der Waals surface area (Å²) in [5.41, 5.74) is 0. The minimum absolute atomic E-state index is 0.756. The first-order chi connectivity index (χ1) is 8.69. The van der Waals surface area contributed by atoms with Gasteiger partial charge in [-0.1, -0.05) is 26.7 Å². The second kappa shape index (κ2) is 6.38. The highest BCUT2D eigenvalue weighted by molar-refractivity contribution is 4.96. The van der Waals surface area contributed by atoms with Crippen molar-refractivity contribution in [1.29, 1.82) is 0 Å². The van der Waals surface area contributed by atoms with Crippen LogP contribution in [0.15, 0.2) is 0 Å². The van der Waals surface area contributed by atoms with Gasteiger partial charge >= 0.3 is 0 Å². The molecule has 1 N–H and O–H groups in total. The molecule has 2 bridgehead atoms. The average molecular weight is 252 g/mol. The minimum Gasteiger partial charge on any atom is -0.317 e. The van der Waals surface area contributed by atoms with Crippen LogP contribution in [-0.2, 0) is 0 Å². The molecule has 2 heterocycles. The van der Waals surface area contributed by atoms with E-state index in [0.717, 1.165) is 30.0 Å². The molecule has 2 aliphatic rings. The summed E-state index contributed by atoms with van der Waals surface area (Å²) in [5, 5.41) is 3.64. The topological polar surface area (TPSA) is 15.3 Å². The summed E-state index contributed by atoms with van der Waals surface area (Å²) in [5.74, 6) is 1.84. The zero-order valence-corrected chi connectivity index (χ0v) is 12.8. The Bertz CT molecular complexity index is 235. The zero-order valence-electron chi connectivity index (χ0n) is 12.8. The fourth-order valence-electron chi connectivity index (χ4n) is 4.31. The second-order valence-electron chi connectivity index (χ2n) is 6.60. The van der Waals surface area contributed by atoms with Crippen LogP contribution >= 0.6 is 0 Å². The number of nitrogens with one attached hydrogen (secondary N) is 1. The van der Waals surface area contributed by atoms with Crippen LogP contribution in [-0.4, -0.2) is 37.1 Å². The number of nitrogens with zero attached hydrogens (tertiary/aromatic N) is 1. The van der Waals surface area contributed by atoms with Crippen LogP contribution in [0.1, 0.15) is 58.8 Å². The molecule has 106 valence electrons. The van der Waals surface area contributed by atoms with E-state index in [0.29, 0.717) is 0 Å². The highest BCUT2D eigenvalue weighted by atomic mass is 15.2. The fraction of sp³-hybridized carbons (Fsp3) is 1.00. The summed E-state index contributed by atoms with van der Waals surface area (Å²) in [7, 11) is 4.51. The Morgan fingerprint density at radius 2 is 1.67 bits per heavy atom. The van der Waals surface area contributed by atoms with Crippen molar-refractivity contribution < 1.29 is 0 Å². The molecule has 0 amide bonds. The third-order valence-corrected chi connectivity index (χ3v) is 5.82. The second-order valence-corrected chi connectivity index (χ2v) is 6.60. The molecular formula is C16H32N2. The number of hydrogen-bond acceptors (Lipinski definition) is 2. The fourth-order valence-corrected chi connectivity index (χ4v) is 4.31. The molecule has 2 rings (SSSR count). The lowest BCUT2D eigenvalue weighted by atomic mass is 9.80. The van der Waals surface area contributed by atoms with Crippen molar-refractivity contribution in [2.45, 2.75) is 76.9 Å².